The van der Waals surface area contributed by atoms with Crippen molar-refractivity contribution in [1.29, 1.82) is 0 Å². The molecule has 43 heavy (non-hydrogen) atoms. The quantitative estimate of drug-likeness (QED) is 0.105. The van der Waals surface area contributed by atoms with Gasteiger partial charge in [-0.05, 0) is 65.4 Å². The molecule has 1 aromatic heterocycles. The van der Waals surface area contributed by atoms with Crippen LogP contribution >= 0.6 is 11.8 Å². The normalized spacial score (nSPS) is 11.5. The van der Waals surface area contributed by atoms with Gasteiger partial charge in [-0.25, -0.2) is 5.43 Å². The summed E-state index contributed by atoms with van der Waals surface area (Å²) in [4.78, 5) is 12.7. The average Bonchev–Trinajstić information content (AvgIpc) is 3.44. The Bertz CT molecular complexity index is 1670. The third kappa shape index (κ3) is 7.99. The first-order chi connectivity index (χ1) is 20.8. The van der Waals surface area contributed by atoms with Gasteiger partial charge in [-0.3, -0.25) is 9.36 Å². The van der Waals surface area contributed by atoms with Gasteiger partial charge in [-0.15, -0.1) is 10.2 Å². The molecule has 8 heteroatoms. The molecule has 0 saturated carbocycles. The summed E-state index contributed by atoms with van der Waals surface area (Å²) in [6.07, 6.45) is 1.61. The molecule has 7 nitrogen and oxygen atoms in total. The first-order valence-electron chi connectivity index (χ1n) is 14.1. The summed E-state index contributed by atoms with van der Waals surface area (Å²) in [5.74, 6) is 1.39. The van der Waals surface area contributed by atoms with Crippen molar-refractivity contribution >= 4 is 23.9 Å². The summed E-state index contributed by atoms with van der Waals surface area (Å²) >= 11 is 1.32. The van der Waals surface area contributed by atoms with Crippen LogP contribution in [0.2, 0.25) is 0 Å². The number of amides is 1. The fraction of sp³-hybridized carbons (Fsp3) is 0.200. The Morgan fingerprint density at radius 2 is 1.60 bits per heavy atom. The van der Waals surface area contributed by atoms with Crippen molar-refractivity contribution in [3.8, 4) is 22.8 Å². The summed E-state index contributed by atoms with van der Waals surface area (Å²) < 4.78 is 7.82. The van der Waals surface area contributed by atoms with Crippen LogP contribution in [0.1, 0.15) is 43.0 Å². The standard InChI is InChI=1S/C35H35N5O2S/c1-25-10-18-30(19-11-25)40-33(28-14-16-29(17-15-28)35(2,3)4)38-39-34(40)43-24-32(41)37-36-22-26-12-20-31(21-13-26)42-23-27-8-6-5-7-9-27/h5-22H,23-24H2,1-4H3,(H,37,41)/b36-22+. The van der Waals surface area contributed by atoms with Crippen LogP contribution in [0.3, 0.4) is 0 Å². The molecule has 0 radical (unpaired) electrons. The Morgan fingerprint density at radius 1 is 0.907 bits per heavy atom. The van der Waals surface area contributed by atoms with Gasteiger partial charge in [0.05, 0.1) is 12.0 Å². The van der Waals surface area contributed by atoms with E-state index < -0.39 is 0 Å². The number of aromatic nitrogens is 3. The third-order valence-electron chi connectivity index (χ3n) is 6.80. The number of nitrogens with one attached hydrogen (secondary N) is 1. The van der Waals surface area contributed by atoms with E-state index in [1.807, 2.05) is 71.3 Å². The van der Waals surface area contributed by atoms with Crippen molar-refractivity contribution in [3.05, 3.63) is 125 Å². The van der Waals surface area contributed by atoms with Crippen LogP contribution in [0.25, 0.3) is 17.1 Å². The van der Waals surface area contributed by atoms with Crippen molar-refractivity contribution < 1.29 is 9.53 Å². The van der Waals surface area contributed by atoms with E-state index in [4.69, 9.17) is 4.74 Å². The van der Waals surface area contributed by atoms with E-state index in [-0.39, 0.29) is 17.1 Å². The monoisotopic (exact) mass is 589 g/mol. The van der Waals surface area contributed by atoms with Crippen molar-refractivity contribution in [1.82, 2.24) is 20.2 Å². The lowest BCUT2D eigenvalue weighted by Gasteiger charge is -2.19. The first-order valence-corrected chi connectivity index (χ1v) is 15.1. The first kappa shape index (κ1) is 29.8. The SMILES string of the molecule is Cc1ccc(-n2c(SCC(=O)N/N=C/c3ccc(OCc4ccccc4)cc3)nnc2-c2ccc(C(C)(C)C)cc2)cc1. The molecule has 0 aliphatic rings. The second-order valence-electron chi connectivity index (χ2n) is 11.2. The highest BCUT2D eigenvalue weighted by Gasteiger charge is 2.19. The summed E-state index contributed by atoms with van der Waals surface area (Å²) in [6, 6.07) is 34.2. The van der Waals surface area contributed by atoms with Crippen molar-refractivity contribution in [2.24, 2.45) is 5.10 Å². The number of rotatable bonds is 10. The van der Waals surface area contributed by atoms with Crippen LogP contribution < -0.4 is 10.2 Å². The van der Waals surface area contributed by atoms with E-state index in [1.165, 1.54) is 17.3 Å². The maximum atomic E-state index is 12.7. The Hall–Kier alpha value is -4.69. The molecule has 0 saturated heterocycles. The van der Waals surface area contributed by atoms with E-state index in [0.717, 1.165) is 39.5 Å². The summed E-state index contributed by atoms with van der Waals surface area (Å²) in [5, 5.41) is 13.7. The highest BCUT2D eigenvalue weighted by molar-refractivity contribution is 7.99. The minimum atomic E-state index is -0.237. The zero-order chi connectivity index (χ0) is 30.2. The number of aryl methyl sites for hydroxylation is 1. The Morgan fingerprint density at radius 3 is 2.28 bits per heavy atom. The van der Waals surface area contributed by atoms with Gasteiger partial charge in [-0.1, -0.05) is 105 Å². The maximum absolute atomic E-state index is 12.7. The van der Waals surface area contributed by atoms with Crippen LogP contribution in [0.5, 0.6) is 5.75 Å². The van der Waals surface area contributed by atoms with Crippen LogP contribution in [0.4, 0.5) is 0 Å². The summed E-state index contributed by atoms with van der Waals surface area (Å²) in [6.45, 7) is 9.14. The molecule has 0 atom stereocenters. The van der Waals surface area contributed by atoms with Gasteiger partial charge >= 0.3 is 0 Å². The van der Waals surface area contributed by atoms with Crippen LogP contribution in [0, 0.1) is 6.92 Å². The van der Waals surface area contributed by atoms with Crippen LogP contribution in [0.15, 0.2) is 113 Å². The number of carbonyl (C=O) groups is 1. The minimum Gasteiger partial charge on any atom is -0.489 e. The second-order valence-corrected chi connectivity index (χ2v) is 12.2. The highest BCUT2D eigenvalue weighted by Crippen LogP contribution is 2.30. The van der Waals surface area contributed by atoms with E-state index in [9.17, 15) is 4.79 Å². The smallest absolute Gasteiger partial charge is 0.250 e. The maximum Gasteiger partial charge on any atom is 0.250 e. The Kier molecular flexibility index (Phi) is 9.37. The Balaban J connectivity index is 1.22. The topological polar surface area (TPSA) is 81.4 Å². The lowest BCUT2D eigenvalue weighted by Crippen LogP contribution is -2.20. The fourth-order valence-electron chi connectivity index (χ4n) is 4.33. The zero-order valence-corrected chi connectivity index (χ0v) is 25.6. The van der Waals surface area contributed by atoms with Gasteiger partial charge in [0, 0.05) is 11.3 Å². The van der Waals surface area contributed by atoms with Gasteiger partial charge in [0.15, 0.2) is 11.0 Å². The van der Waals surface area contributed by atoms with Crippen molar-refractivity contribution in [2.75, 3.05) is 5.75 Å². The number of carbonyl (C=O) groups excluding carboxylic acids is 1. The molecule has 5 aromatic rings. The molecule has 0 aliphatic carbocycles. The minimum absolute atomic E-state index is 0.0560. The predicted molar refractivity (Wildman–Crippen MR) is 174 cm³/mol. The summed E-state index contributed by atoms with van der Waals surface area (Å²) in [5.41, 5.74) is 8.92. The van der Waals surface area contributed by atoms with Gasteiger partial charge in [0.25, 0.3) is 5.91 Å². The van der Waals surface area contributed by atoms with Crippen molar-refractivity contribution in [3.63, 3.8) is 0 Å². The molecule has 1 amide bonds. The van der Waals surface area contributed by atoms with Gasteiger partial charge in [-0.2, -0.15) is 5.10 Å². The molecule has 0 unspecified atom stereocenters. The molecular formula is C35H35N5O2S. The molecule has 0 aliphatic heterocycles. The Labute approximate surface area is 257 Å². The van der Waals surface area contributed by atoms with Gasteiger partial charge in [0.1, 0.15) is 12.4 Å². The number of thioether (sulfide) groups is 1. The highest BCUT2D eigenvalue weighted by atomic mass is 32.2. The molecule has 218 valence electrons. The number of hydrogen-bond donors (Lipinski definition) is 1. The van der Waals surface area contributed by atoms with Crippen LogP contribution in [-0.4, -0.2) is 32.6 Å². The average molecular weight is 590 g/mol. The number of hydrogen-bond acceptors (Lipinski definition) is 6. The summed E-state index contributed by atoms with van der Waals surface area (Å²) in [7, 11) is 0. The van der Waals surface area contributed by atoms with Crippen LogP contribution in [-0.2, 0) is 16.8 Å². The molecule has 0 bridgehead atoms. The molecular weight excluding hydrogens is 554 g/mol. The molecule has 0 fully saturated rings. The van der Waals surface area contributed by atoms with Crippen molar-refractivity contribution in [2.45, 2.75) is 44.9 Å². The van der Waals surface area contributed by atoms with E-state index in [1.54, 1.807) is 6.21 Å². The molecule has 4 aromatic carbocycles. The van der Waals surface area contributed by atoms with E-state index >= 15 is 0 Å². The number of nitrogens with zero attached hydrogens (tertiary/aromatic N) is 4. The lowest BCUT2D eigenvalue weighted by atomic mass is 9.87. The molecule has 5 rings (SSSR count). The number of hydrazone groups is 1. The number of benzene rings is 4. The third-order valence-corrected chi connectivity index (χ3v) is 7.73. The van der Waals surface area contributed by atoms with E-state index in [2.05, 4.69) is 84.8 Å². The van der Waals surface area contributed by atoms with E-state index in [0.29, 0.717) is 11.8 Å². The molecule has 1 heterocycles. The zero-order valence-electron chi connectivity index (χ0n) is 24.8. The van der Waals surface area contributed by atoms with Gasteiger partial charge < -0.3 is 4.74 Å². The molecule has 1 N–H and O–H groups in total. The fourth-order valence-corrected chi connectivity index (χ4v) is 5.07. The van der Waals surface area contributed by atoms with Gasteiger partial charge in [0.2, 0.25) is 0 Å². The largest absolute Gasteiger partial charge is 0.489 e. The predicted octanol–water partition coefficient (Wildman–Crippen LogP) is 7.36. The molecule has 0 spiro atoms. The second kappa shape index (κ2) is 13.5. The number of ether oxygens (including phenoxy) is 1. The lowest BCUT2D eigenvalue weighted by molar-refractivity contribution is -0.118.